The highest BCUT2D eigenvalue weighted by Crippen LogP contribution is 2.37. The number of hydrogen-bond acceptors (Lipinski definition) is 2. The summed E-state index contributed by atoms with van der Waals surface area (Å²) >= 11 is 17.9. The molecule has 0 radical (unpaired) electrons. The van der Waals surface area contributed by atoms with Crippen molar-refractivity contribution in [3.8, 4) is 0 Å². The summed E-state index contributed by atoms with van der Waals surface area (Å²) in [6.07, 6.45) is 3.85. The number of hydrogen-bond donors (Lipinski definition) is 1. The zero-order valence-electron chi connectivity index (χ0n) is 19.6. The molecule has 2 aliphatic rings. The topological polar surface area (TPSA) is 32.3 Å². The lowest BCUT2D eigenvalue weighted by Crippen LogP contribution is -2.27. The molecule has 36 heavy (non-hydrogen) atoms. The van der Waals surface area contributed by atoms with Crippen LogP contribution in [0, 0.1) is 0 Å². The van der Waals surface area contributed by atoms with Crippen LogP contribution in [0.4, 0.5) is 22.7 Å². The number of aryl methyl sites for hydroxylation is 4. The molecule has 2 aliphatic heterocycles. The van der Waals surface area contributed by atoms with E-state index < -0.39 is 0 Å². The molecule has 1 N–H and O–H groups in total. The fourth-order valence-corrected chi connectivity index (χ4v) is 5.32. The Bertz CT molecular complexity index is 1420. The van der Waals surface area contributed by atoms with Gasteiger partial charge in [-0.2, -0.15) is 0 Å². The number of fused-ring (bicyclic) bond motifs is 4. The van der Waals surface area contributed by atoms with Crippen molar-refractivity contribution in [3.63, 3.8) is 0 Å². The van der Waals surface area contributed by atoms with Crippen molar-refractivity contribution in [1.82, 2.24) is 0 Å². The van der Waals surface area contributed by atoms with Crippen molar-refractivity contribution in [2.75, 3.05) is 16.1 Å². The predicted octanol–water partition coefficient (Wildman–Crippen LogP) is 8.52. The van der Waals surface area contributed by atoms with Crippen molar-refractivity contribution in [1.29, 1.82) is 0 Å². The van der Waals surface area contributed by atoms with Gasteiger partial charge >= 0.3 is 0 Å². The first-order chi connectivity index (χ1) is 17.5. The van der Waals surface area contributed by atoms with E-state index in [4.69, 9.17) is 34.8 Å². The van der Waals surface area contributed by atoms with Crippen LogP contribution in [0.5, 0.6) is 0 Å². The van der Waals surface area contributed by atoms with Gasteiger partial charge in [-0.25, -0.2) is 0 Å². The summed E-state index contributed by atoms with van der Waals surface area (Å²) in [5, 5.41) is 4.97. The average molecular weight is 536 g/mol. The molecule has 4 aromatic rings. The Morgan fingerprint density at radius 1 is 0.667 bits per heavy atom. The lowest BCUT2D eigenvalue weighted by molar-refractivity contribution is -0.115. The number of carbonyl (C=O) groups is 1. The minimum atomic E-state index is -0.121. The molecule has 6 rings (SSSR count). The van der Waals surface area contributed by atoms with Crippen molar-refractivity contribution < 1.29 is 4.79 Å². The smallest absolute Gasteiger partial charge is 0.246 e. The highest BCUT2D eigenvalue weighted by molar-refractivity contribution is 6.32. The molecule has 6 heteroatoms. The maximum absolute atomic E-state index is 12.3. The van der Waals surface area contributed by atoms with Crippen molar-refractivity contribution in [2.24, 2.45) is 0 Å². The molecular weight excluding hydrogens is 511 g/mol. The normalized spacial score (nSPS) is 13.4. The number of halogens is 3. The van der Waals surface area contributed by atoms with Crippen LogP contribution in [0.25, 0.3) is 0 Å². The molecule has 1 amide bonds. The van der Waals surface area contributed by atoms with Gasteiger partial charge in [-0.3, -0.25) is 9.69 Å². The number of nitrogens with one attached hydrogen (secondary N) is 1. The van der Waals surface area contributed by atoms with Gasteiger partial charge in [0.1, 0.15) is 5.88 Å². The van der Waals surface area contributed by atoms with Gasteiger partial charge in [0.2, 0.25) is 5.91 Å². The molecule has 0 unspecified atom stereocenters. The third-order valence-electron chi connectivity index (χ3n) is 6.56. The van der Waals surface area contributed by atoms with Crippen LogP contribution >= 0.6 is 34.8 Å². The third-order valence-corrected chi connectivity index (χ3v) is 7.26. The molecule has 4 aromatic carbocycles. The Hall–Kier alpha value is -2.98. The molecule has 182 valence electrons. The summed E-state index contributed by atoms with van der Waals surface area (Å²) < 4.78 is 0. The van der Waals surface area contributed by atoms with Crippen LogP contribution in [-0.2, 0) is 30.5 Å². The Balaban J connectivity index is 0.000000152. The van der Waals surface area contributed by atoms with E-state index in [1.807, 2.05) is 42.5 Å². The van der Waals surface area contributed by atoms with E-state index in [0.29, 0.717) is 5.02 Å². The molecule has 2 heterocycles. The highest BCUT2D eigenvalue weighted by atomic mass is 35.5. The van der Waals surface area contributed by atoms with E-state index in [1.54, 1.807) is 4.90 Å². The van der Waals surface area contributed by atoms with Gasteiger partial charge in [-0.05, 0) is 96.5 Å². The van der Waals surface area contributed by atoms with Crippen molar-refractivity contribution in [2.45, 2.75) is 25.7 Å². The highest BCUT2D eigenvalue weighted by Gasteiger charge is 2.25. The number of benzene rings is 4. The summed E-state index contributed by atoms with van der Waals surface area (Å²) in [6.45, 7) is 0. The summed E-state index contributed by atoms with van der Waals surface area (Å²) in [7, 11) is 0. The Labute approximate surface area is 226 Å². The number of rotatable bonds is 1. The lowest BCUT2D eigenvalue weighted by Gasteiger charge is -2.24. The van der Waals surface area contributed by atoms with Crippen LogP contribution in [-0.4, -0.2) is 11.8 Å². The second kappa shape index (κ2) is 11.0. The van der Waals surface area contributed by atoms with Crippen LogP contribution in [0.1, 0.15) is 22.3 Å². The number of carbonyl (C=O) groups excluding carboxylic acids is 1. The Kier molecular flexibility index (Phi) is 7.52. The zero-order valence-corrected chi connectivity index (χ0v) is 21.9. The predicted molar refractivity (Wildman–Crippen MR) is 152 cm³/mol. The van der Waals surface area contributed by atoms with E-state index >= 15 is 0 Å². The van der Waals surface area contributed by atoms with E-state index in [9.17, 15) is 4.79 Å². The molecule has 0 atom stereocenters. The standard InChI is InChI=1S/C16H13Cl2NO.C14H12ClN/c17-10-16(20)19-14-4-2-1-3-11(14)5-6-12-9-13(18)7-8-15(12)19;15-12-7-8-14-11(9-12)6-5-10-3-1-2-4-13(10)16-14/h1-4,7-9H,5-6,10H2;1-4,7-9,16H,5-6H2. The quantitative estimate of drug-likeness (QED) is 0.248. The molecular formula is C30H25Cl3N2O. The van der Waals surface area contributed by atoms with E-state index in [2.05, 4.69) is 47.8 Å². The van der Waals surface area contributed by atoms with Crippen molar-refractivity contribution >= 4 is 63.5 Å². The lowest BCUT2D eigenvalue weighted by atomic mass is 10.0. The van der Waals surface area contributed by atoms with Crippen LogP contribution in [0.3, 0.4) is 0 Å². The molecule has 0 saturated heterocycles. The molecule has 0 bridgehead atoms. The summed E-state index contributed by atoms with van der Waals surface area (Å²) in [6, 6.07) is 28.1. The molecule has 0 aliphatic carbocycles. The van der Waals surface area contributed by atoms with Gasteiger partial charge in [0.05, 0.1) is 11.4 Å². The first-order valence-electron chi connectivity index (χ1n) is 11.9. The SMILES string of the molecule is Clc1ccc2c(c1)CCc1ccccc1N2.O=C(CCl)N1c2ccccc2CCc2cc(Cl)ccc21. The van der Waals surface area contributed by atoms with Crippen LogP contribution in [0.15, 0.2) is 84.9 Å². The third kappa shape index (κ3) is 5.24. The summed E-state index contributed by atoms with van der Waals surface area (Å²) in [4.78, 5) is 14.0. The average Bonchev–Trinajstić information content (AvgIpc) is 3.18. The van der Waals surface area contributed by atoms with Gasteiger partial charge in [0.25, 0.3) is 0 Å². The van der Waals surface area contributed by atoms with E-state index in [1.165, 1.54) is 22.5 Å². The fraction of sp³-hybridized carbons (Fsp3) is 0.167. The summed E-state index contributed by atoms with van der Waals surface area (Å²) in [5.41, 5.74) is 9.08. The summed E-state index contributed by atoms with van der Waals surface area (Å²) in [5.74, 6) is -0.166. The number of amides is 1. The molecule has 0 aromatic heterocycles. The van der Waals surface area contributed by atoms with Gasteiger partial charge in [0, 0.05) is 21.4 Å². The molecule has 0 fully saturated rings. The molecule has 0 spiro atoms. The molecule has 0 saturated carbocycles. The second-order valence-corrected chi connectivity index (χ2v) is 9.99. The van der Waals surface area contributed by atoms with Crippen LogP contribution < -0.4 is 10.2 Å². The Morgan fingerprint density at radius 2 is 1.22 bits per heavy atom. The van der Waals surface area contributed by atoms with Gasteiger partial charge < -0.3 is 5.32 Å². The fourth-order valence-electron chi connectivity index (χ4n) is 4.81. The van der Waals surface area contributed by atoms with E-state index in [-0.39, 0.29) is 11.8 Å². The maximum Gasteiger partial charge on any atom is 0.246 e. The minimum Gasteiger partial charge on any atom is -0.355 e. The monoisotopic (exact) mass is 534 g/mol. The van der Waals surface area contributed by atoms with Gasteiger partial charge in [0.15, 0.2) is 0 Å². The number of alkyl halides is 1. The van der Waals surface area contributed by atoms with E-state index in [0.717, 1.165) is 53.2 Å². The minimum absolute atomic E-state index is 0.0452. The van der Waals surface area contributed by atoms with Gasteiger partial charge in [-0.1, -0.05) is 59.6 Å². The Morgan fingerprint density at radius 3 is 2.03 bits per heavy atom. The van der Waals surface area contributed by atoms with Crippen LogP contribution in [0.2, 0.25) is 10.0 Å². The zero-order chi connectivity index (χ0) is 25.1. The molecule has 3 nitrogen and oxygen atoms in total. The first kappa shape index (κ1) is 24.7. The largest absolute Gasteiger partial charge is 0.355 e. The van der Waals surface area contributed by atoms with Gasteiger partial charge in [-0.15, -0.1) is 11.6 Å². The second-order valence-electron chi connectivity index (χ2n) is 8.85. The maximum atomic E-state index is 12.3. The number of nitrogens with zero attached hydrogens (tertiary/aromatic N) is 1. The first-order valence-corrected chi connectivity index (χ1v) is 13.2. The van der Waals surface area contributed by atoms with Crippen molar-refractivity contribution in [3.05, 3.63) is 117 Å². The number of anilines is 4. The number of para-hydroxylation sites is 2.